The zero-order valence-corrected chi connectivity index (χ0v) is 13.5. The summed E-state index contributed by atoms with van der Waals surface area (Å²) in [4.78, 5) is 22.7. The molecule has 0 heterocycles. The van der Waals surface area contributed by atoms with Crippen LogP contribution >= 0.6 is 0 Å². The third-order valence-electron chi connectivity index (χ3n) is 3.78. The standard InChI is InChI=1S/C18H23NO4/c1-23-17(20)11-10-14-7-6-8-15(13-14)16(18(21)22)9-4-2-3-5-12-19/h6-8,13,16H,2-5,9-11H2,1H3,(H,21,22). The molecule has 0 saturated carbocycles. The number of carboxylic acids is 1. The second-order valence-electron chi connectivity index (χ2n) is 5.47. The van der Waals surface area contributed by atoms with Crippen LogP contribution in [0.25, 0.3) is 0 Å². The lowest BCUT2D eigenvalue weighted by atomic mass is 9.91. The van der Waals surface area contributed by atoms with E-state index in [-0.39, 0.29) is 12.4 Å². The fraction of sp³-hybridized carbons (Fsp3) is 0.500. The van der Waals surface area contributed by atoms with Gasteiger partial charge in [0.1, 0.15) is 0 Å². The molecule has 0 bridgehead atoms. The first-order chi connectivity index (χ1) is 11.1. The largest absolute Gasteiger partial charge is 0.481 e. The smallest absolute Gasteiger partial charge is 0.310 e. The number of benzene rings is 1. The fourth-order valence-electron chi connectivity index (χ4n) is 2.48. The Balaban J connectivity index is 2.66. The van der Waals surface area contributed by atoms with Crippen LogP contribution in [0.2, 0.25) is 0 Å². The van der Waals surface area contributed by atoms with Crippen LogP contribution < -0.4 is 0 Å². The predicted molar refractivity (Wildman–Crippen MR) is 85.9 cm³/mol. The van der Waals surface area contributed by atoms with E-state index >= 15 is 0 Å². The van der Waals surface area contributed by atoms with Gasteiger partial charge in [-0.05, 0) is 30.4 Å². The molecular weight excluding hydrogens is 294 g/mol. The predicted octanol–water partition coefficient (Wildman–Crippen LogP) is 3.43. The van der Waals surface area contributed by atoms with E-state index in [2.05, 4.69) is 10.8 Å². The molecule has 1 atom stereocenters. The zero-order chi connectivity index (χ0) is 17.1. The summed E-state index contributed by atoms with van der Waals surface area (Å²) in [5.41, 5.74) is 1.70. The lowest BCUT2D eigenvalue weighted by Gasteiger charge is -2.14. The molecule has 1 aromatic rings. The third-order valence-corrected chi connectivity index (χ3v) is 3.78. The molecule has 0 aliphatic heterocycles. The van der Waals surface area contributed by atoms with Gasteiger partial charge < -0.3 is 9.84 Å². The number of aliphatic carboxylic acids is 1. The molecule has 1 unspecified atom stereocenters. The summed E-state index contributed by atoms with van der Waals surface area (Å²) in [5, 5.41) is 18.0. The van der Waals surface area contributed by atoms with Crippen molar-refractivity contribution in [2.45, 2.75) is 50.9 Å². The quantitative estimate of drug-likeness (QED) is 0.527. The first kappa shape index (κ1) is 18.7. The molecule has 0 amide bonds. The Bertz CT molecular complexity index is 562. The van der Waals surface area contributed by atoms with Crippen molar-refractivity contribution in [2.24, 2.45) is 0 Å². The van der Waals surface area contributed by atoms with Crippen molar-refractivity contribution in [1.82, 2.24) is 0 Å². The van der Waals surface area contributed by atoms with Gasteiger partial charge in [-0.25, -0.2) is 0 Å². The summed E-state index contributed by atoms with van der Waals surface area (Å²) >= 11 is 0. The highest BCUT2D eigenvalue weighted by Crippen LogP contribution is 2.24. The maximum absolute atomic E-state index is 11.5. The SMILES string of the molecule is COC(=O)CCc1cccc(C(CCCCCC#N)C(=O)O)c1. The van der Waals surface area contributed by atoms with Crippen LogP contribution in [0.4, 0.5) is 0 Å². The molecule has 0 saturated heterocycles. The molecule has 5 nitrogen and oxygen atoms in total. The number of hydrogen-bond acceptors (Lipinski definition) is 4. The average Bonchev–Trinajstić information content (AvgIpc) is 2.55. The van der Waals surface area contributed by atoms with Crippen LogP contribution in [-0.4, -0.2) is 24.2 Å². The highest BCUT2D eigenvalue weighted by Gasteiger charge is 2.19. The van der Waals surface area contributed by atoms with Gasteiger partial charge in [-0.3, -0.25) is 9.59 Å². The lowest BCUT2D eigenvalue weighted by molar-refractivity contribution is -0.141. The van der Waals surface area contributed by atoms with E-state index < -0.39 is 11.9 Å². The van der Waals surface area contributed by atoms with Gasteiger partial charge in [-0.2, -0.15) is 5.26 Å². The second kappa shape index (κ2) is 10.4. The molecule has 0 radical (unpaired) electrons. The topological polar surface area (TPSA) is 87.4 Å². The highest BCUT2D eigenvalue weighted by molar-refractivity contribution is 5.76. The summed E-state index contributed by atoms with van der Waals surface area (Å²) in [6.45, 7) is 0. The van der Waals surface area contributed by atoms with Gasteiger partial charge in [0.2, 0.25) is 0 Å². The maximum atomic E-state index is 11.5. The number of rotatable bonds is 10. The van der Waals surface area contributed by atoms with E-state index in [0.717, 1.165) is 30.4 Å². The average molecular weight is 317 g/mol. The van der Waals surface area contributed by atoms with Gasteiger partial charge in [0.15, 0.2) is 0 Å². The molecule has 0 aliphatic carbocycles. The molecule has 0 spiro atoms. The first-order valence-corrected chi connectivity index (χ1v) is 7.84. The number of hydrogen-bond donors (Lipinski definition) is 1. The molecule has 0 fully saturated rings. The monoisotopic (exact) mass is 317 g/mol. The minimum Gasteiger partial charge on any atom is -0.481 e. The molecule has 0 aliphatic rings. The Morgan fingerprint density at radius 2 is 2.09 bits per heavy atom. The Labute approximate surface area is 136 Å². The van der Waals surface area contributed by atoms with E-state index in [1.807, 2.05) is 24.3 Å². The lowest BCUT2D eigenvalue weighted by Crippen LogP contribution is -2.12. The van der Waals surface area contributed by atoms with Gasteiger partial charge in [-0.15, -0.1) is 0 Å². The third kappa shape index (κ3) is 6.96. The summed E-state index contributed by atoms with van der Waals surface area (Å²) in [5.74, 6) is -1.66. The Kier molecular flexibility index (Phi) is 8.45. The van der Waals surface area contributed by atoms with Gasteiger partial charge in [-0.1, -0.05) is 37.1 Å². The molecule has 1 rings (SSSR count). The molecule has 124 valence electrons. The van der Waals surface area contributed by atoms with E-state index in [0.29, 0.717) is 19.3 Å². The number of nitrogens with zero attached hydrogens (tertiary/aromatic N) is 1. The Morgan fingerprint density at radius 3 is 2.74 bits per heavy atom. The van der Waals surface area contributed by atoms with Crippen molar-refractivity contribution < 1.29 is 19.4 Å². The highest BCUT2D eigenvalue weighted by atomic mass is 16.5. The van der Waals surface area contributed by atoms with Crippen molar-refractivity contribution in [3.63, 3.8) is 0 Å². The number of nitriles is 1. The van der Waals surface area contributed by atoms with E-state index in [1.165, 1.54) is 7.11 Å². The summed E-state index contributed by atoms with van der Waals surface area (Å²) in [6, 6.07) is 9.48. The molecule has 23 heavy (non-hydrogen) atoms. The molecule has 5 heteroatoms. The second-order valence-corrected chi connectivity index (χ2v) is 5.47. The van der Waals surface area contributed by atoms with E-state index in [4.69, 9.17) is 5.26 Å². The van der Waals surface area contributed by atoms with Crippen LogP contribution in [0.1, 0.15) is 55.6 Å². The number of ether oxygens (including phenoxy) is 1. The van der Waals surface area contributed by atoms with E-state index in [1.54, 1.807) is 0 Å². The minimum atomic E-state index is -0.838. The number of carbonyl (C=O) groups is 2. The molecular formula is C18H23NO4. The Hall–Kier alpha value is -2.35. The number of carbonyl (C=O) groups excluding carboxylic acids is 1. The van der Waals surface area contributed by atoms with Crippen molar-refractivity contribution in [3.8, 4) is 6.07 Å². The van der Waals surface area contributed by atoms with Crippen LogP contribution in [0.15, 0.2) is 24.3 Å². The number of methoxy groups -OCH3 is 1. The van der Waals surface area contributed by atoms with Crippen molar-refractivity contribution in [1.29, 1.82) is 5.26 Å². The molecule has 1 aromatic carbocycles. The Morgan fingerprint density at radius 1 is 1.30 bits per heavy atom. The number of aryl methyl sites for hydroxylation is 1. The van der Waals surface area contributed by atoms with Gasteiger partial charge >= 0.3 is 11.9 Å². The summed E-state index contributed by atoms with van der Waals surface area (Å²) < 4.78 is 4.62. The zero-order valence-electron chi connectivity index (χ0n) is 13.5. The van der Waals surface area contributed by atoms with E-state index in [9.17, 15) is 14.7 Å². The normalized spacial score (nSPS) is 11.5. The maximum Gasteiger partial charge on any atom is 0.310 e. The summed E-state index contributed by atoms with van der Waals surface area (Å²) in [6.07, 6.45) is 4.34. The van der Waals surface area contributed by atoms with Crippen LogP contribution in [0.3, 0.4) is 0 Å². The number of esters is 1. The summed E-state index contributed by atoms with van der Waals surface area (Å²) in [7, 11) is 1.35. The van der Waals surface area contributed by atoms with Gasteiger partial charge in [0.05, 0.1) is 19.1 Å². The molecule has 0 aromatic heterocycles. The fourth-order valence-corrected chi connectivity index (χ4v) is 2.48. The first-order valence-electron chi connectivity index (χ1n) is 7.84. The van der Waals surface area contributed by atoms with Crippen molar-refractivity contribution in [2.75, 3.05) is 7.11 Å². The number of carboxylic acid groups (broad SMARTS) is 1. The van der Waals surface area contributed by atoms with Gasteiger partial charge in [0.25, 0.3) is 0 Å². The van der Waals surface area contributed by atoms with Gasteiger partial charge in [0, 0.05) is 12.8 Å². The van der Waals surface area contributed by atoms with Crippen LogP contribution in [-0.2, 0) is 20.7 Å². The minimum absolute atomic E-state index is 0.275. The van der Waals surface area contributed by atoms with Crippen molar-refractivity contribution in [3.05, 3.63) is 35.4 Å². The van der Waals surface area contributed by atoms with Crippen molar-refractivity contribution >= 4 is 11.9 Å². The molecule has 1 N–H and O–H groups in total. The number of unbranched alkanes of at least 4 members (excludes halogenated alkanes) is 3. The van der Waals surface area contributed by atoms with Crippen LogP contribution in [0.5, 0.6) is 0 Å². The van der Waals surface area contributed by atoms with Crippen LogP contribution in [0, 0.1) is 11.3 Å².